The summed E-state index contributed by atoms with van der Waals surface area (Å²) in [4.78, 5) is 26.5. The lowest BCUT2D eigenvalue weighted by molar-refractivity contribution is 0.176. The van der Waals surface area contributed by atoms with Crippen LogP contribution in [0, 0.1) is 0 Å². The largest absolute Gasteiger partial charge is 0.506 e. The number of nitrogens with one attached hydrogen (secondary N) is 4. The molecular formula is C30H34N4O4. The van der Waals surface area contributed by atoms with Crippen LogP contribution in [-0.2, 0) is 12.8 Å². The minimum absolute atomic E-state index is 0.0353. The number of unbranched alkanes of at least 4 members (excludes halogenated alkanes) is 1. The van der Waals surface area contributed by atoms with Gasteiger partial charge >= 0.3 is 6.03 Å². The van der Waals surface area contributed by atoms with Crippen LogP contribution >= 0.6 is 0 Å². The summed E-state index contributed by atoms with van der Waals surface area (Å²) in [5, 5.41) is 30.4. The Labute approximate surface area is 221 Å². The fourth-order valence-electron chi connectivity index (χ4n) is 4.41. The van der Waals surface area contributed by atoms with Crippen LogP contribution in [0.4, 0.5) is 10.5 Å². The summed E-state index contributed by atoms with van der Waals surface area (Å²) >= 11 is 0. The molecule has 0 saturated carbocycles. The van der Waals surface area contributed by atoms with Gasteiger partial charge in [-0.05, 0) is 73.2 Å². The van der Waals surface area contributed by atoms with Crippen molar-refractivity contribution in [3.63, 3.8) is 0 Å². The molecule has 0 radical (unpaired) electrons. The first-order valence-corrected chi connectivity index (χ1v) is 12.9. The zero-order chi connectivity index (χ0) is 26.7. The number of aliphatic hydroxyl groups is 1. The van der Waals surface area contributed by atoms with E-state index in [1.807, 2.05) is 42.5 Å². The van der Waals surface area contributed by atoms with Crippen molar-refractivity contribution in [3.8, 4) is 5.75 Å². The highest BCUT2D eigenvalue weighted by atomic mass is 16.3. The second-order valence-corrected chi connectivity index (χ2v) is 9.28. The molecule has 198 valence electrons. The normalized spacial score (nSPS) is 11.8. The van der Waals surface area contributed by atoms with E-state index in [2.05, 4.69) is 33.1 Å². The number of aromatic nitrogens is 1. The van der Waals surface area contributed by atoms with Gasteiger partial charge in [-0.2, -0.15) is 0 Å². The number of hydrogen-bond acceptors (Lipinski definition) is 5. The number of aromatic amines is 1. The Morgan fingerprint density at radius 3 is 2.53 bits per heavy atom. The summed E-state index contributed by atoms with van der Waals surface area (Å²) in [6, 6.07) is 23.9. The van der Waals surface area contributed by atoms with Crippen molar-refractivity contribution < 1.29 is 15.0 Å². The average Bonchev–Trinajstić information content (AvgIpc) is 2.92. The van der Waals surface area contributed by atoms with Gasteiger partial charge in [0.1, 0.15) is 5.75 Å². The third-order valence-electron chi connectivity index (χ3n) is 6.40. The van der Waals surface area contributed by atoms with Crippen molar-refractivity contribution in [1.29, 1.82) is 0 Å². The number of aromatic hydroxyl groups is 1. The van der Waals surface area contributed by atoms with E-state index in [0.29, 0.717) is 42.5 Å². The maximum atomic E-state index is 12.3. The number of urea groups is 1. The van der Waals surface area contributed by atoms with E-state index >= 15 is 0 Å². The van der Waals surface area contributed by atoms with E-state index in [4.69, 9.17) is 0 Å². The van der Waals surface area contributed by atoms with Crippen molar-refractivity contribution >= 4 is 22.6 Å². The van der Waals surface area contributed by atoms with Crippen LogP contribution < -0.4 is 21.5 Å². The van der Waals surface area contributed by atoms with Crippen molar-refractivity contribution in [2.24, 2.45) is 0 Å². The number of phenols is 1. The number of aryl methyl sites for hydroxylation is 1. The topological polar surface area (TPSA) is 126 Å². The molecule has 4 rings (SSSR count). The lowest BCUT2D eigenvalue weighted by Gasteiger charge is -2.15. The van der Waals surface area contributed by atoms with Gasteiger partial charge in [-0.15, -0.1) is 0 Å². The molecule has 6 N–H and O–H groups in total. The molecule has 0 aliphatic heterocycles. The monoisotopic (exact) mass is 514 g/mol. The summed E-state index contributed by atoms with van der Waals surface area (Å²) in [7, 11) is 0. The molecular weight excluding hydrogens is 480 g/mol. The fourth-order valence-corrected chi connectivity index (χ4v) is 4.41. The number of fused-ring (bicyclic) bond motifs is 1. The molecule has 0 aliphatic rings. The van der Waals surface area contributed by atoms with E-state index in [1.165, 1.54) is 17.7 Å². The first kappa shape index (κ1) is 26.9. The number of carbonyl (C=O) groups excluding carboxylic acids is 1. The van der Waals surface area contributed by atoms with E-state index < -0.39 is 6.10 Å². The zero-order valence-electron chi connectivity index (χ0n) is 21.2. The first-order valence-electron chi connectivity index (χ1n) is 12.9. The smallest absolute Gasteiger partial charge is 0.319 e. The van der Waals surface area contributed by atoms with Gasteiger partial charge in [0.25, 0.3) is 0 Å². The number of carbonyl (C=O) groups is 1. The summed E-state index contributed by atoms with van der Waals surface area (Å²) < 4.78 is 0. The predicted octanol–water partition coefficient (Wildman–Crippen LogP) is 4.24. The number of benzene rings is 3. The Morgan fingerprint density at radius 2 is 1.68 bits per heavy atom. The van der Waals surface area contributed by atoms with Crippen molar-refractivity contribution in [3.05, 3.63) is 106 Å². The first-order chi connectivity index (χ1) is 18.5. The Morgan fingerprint density at radius 1 is 0.868 bits per heavy atom. The molecule has 4 aromatic rings. The molecule has 0 bridgehead atoms. The lowest BCUT2D eigenvalue weighted by Crippen LogP contribution is -2.29. The molecule has 0 saturated heterocycles. The highest BCUT2D eigenvalue weighted by Crippen LogP contribution is 2.28. The SMILES string of the molecule is O=C(NCCCCc1ccccc1)Nc1cccc(CCNC[C@@H](O)c2ccc(O)c3[nH]c(=O)ccc23)c1. The van der Waals surface area contributed by atoms with Gasteiger partial charge in [0.2, 0.25) is 5.56 Å². The van der Waals surface area contributed by atoms with E-state index in [9.17, 15) is 19.8 Å². The Kier molecular flexibility index (Phi) is 9.50. The molecule has 38 heavy (non-hydrogen) atoms. The minimum Gasteiger partial charge on any atom is -0.506 e. The van der Waals surface area contributed by atoms with Gasteiger partial charge in [0.05, 0.1) is 11.6 Å². The molecule has 1 heterocycles. The minimum atomic E-state index is -0.812. The quantitative estimate of drug-likeness (QED) is 0.158. The summed E-state index contributed by atoms with van der Waals surface area (Å²) in [5.74, 6) is -0.0353. The van der Waals surface area contributed by atoms with E-state index in [1.54, 1.807) is 12.1 Å². The number of hydrogen-bond donors (Lipinski definition) is 6. The molecule has 0 fully saturated rings. The molecule has 1 aromatic heterocycles. The number of anilines is 1. The molecule has 8 nitrogen and oxygen atoms in total. The standard InChI is InChI=1S/C30H34N4O4/c35-26-14-12-24(25-13-15-28(37)34-29(25)26)27(36)20-31-18-16-22-10-6-11-23(19-22)33-30(38)32-17-5-4-9-21-7-2-1-3-8-21/h1-3,6-8,10-15,19,27,31,35-36H,4-5,9,16-18,20H2,(H,34,37)(H2,32,33,38)/t27-/m1/s1. The molecule has 3 aromatic carbocycles. The molecule has 2 amide bonds. The van der Waals surface area contributed by atoms with Gasteiger partial charge < -0.3 is 31.1 Å². The average molecular weight is 515 g/mol. The molecule has 8 heteroatoms. The van der Waals surface area contributed by atoms with Gasteiger partial charge in [-0.1, -0.05) is 48.5 Å². The molecule has 0 unspecified atom stereocenters. The zero-order valence-corrected chi connectivity index (χ0v) is 21.2. The predicted molar refractivity (Wildman–Crippen MR) is 151 cm³/mol. The maximum absolute atomic E-state index is 12.3. The van der Waals surface area contributed by atoms with Gasteiger partial charge in [0, 0.05) is 30.2 Å². The van der Waals surface area contributed by atoms with Crippen LogP contribution in [-0.4, -0.2) is 40.9 Å². The van der Waals surface area contributed by atoms with Crippen LogP contribution in [0.5, 0.6) is 5.75 Å². The Bertz CT molecular complexity index is 1400. The second kappa shape index (κ2) is 13.4. The number of H-pyrrole nitrogens is 1. The number of amides is 2. The Hall–Kier alpha value is -4.14. The number of rotatable bonds is 12. The van der Waals surface area contributed by atoms with Crippen LogP contribution in [0.1, 0.15) is 35.6 Å². The Balaban J connectivity index is 1.18. The number of phenolic OH excluding ortho intramolecular Hbond substituents is 1. The van der Waals surface area contributed by atoms with Crippen molar-refractivity contribution in [2.75, 3.05) is 25.0 Å². The van der Waals surface area contributed by atoms with Crippen LogP contribution in [0.2, 0.25) is 0 Å². The van der Waals surface area contributed by atoms with E-state index in [0.717, 1.165) is 30.5 Å². The summed E-state index contributed by atoms with van der Waals surface area (Å²) in [5.41, 5.74) is 3.72. The highest BCUT2D eigenvalue weighted by molar-refractivity contribution is 5.89. The summed E-state index contributed by atoms with van der Waals surface area (Å²) in [6.07, 6.45) is 2.84. The summed E-state index contributed by atoms with van der Waals surface area (Å²) in [6.45, 7) is 1.56. The van der Waals surface area contributed by atoms with Crippen LogP contribution in [0.25, 0.3) is 10.9 Å². The number of pyridine rings is 1. The third kappa shape index (κ3) is 7.68. The molecule has 0 aliphatic carbocycles. The van der Waals surface area contributed by atoms with Gasteiger partial charge in [-0.25, -0.2) is 4.79 Å². The van der Waals surface area contributed by atoms with Crippen molar-refractivity contribution in [2.45, 2.75) is 31.8 Å². The fraction of sp³-hybridized carbons (Fsp3) is 0.267. The third-order valence-corrected chi connectivity index (χ3v) is 6.40. The van der Waals surface area contributed by atoms with Gasteiger partial charge in [0.15, 0.2) is 0 Å². The van der Waals surface area contributed by atoms with Gasteiger partial charge in [-0.3, -0.25) is 4.79 Å². The van der Waals surface area contributed by atoms with Crippen LogP contribution in [0.15, 0.2) is 83.7 Å². The van der Waals surface area contributed by atoms with Crippen LogP contribution in [0.3, 0.4) is 0 Å². The lowest BCUT2D eigenvalue weighted by atomic mass is 10.0. The number of aliphatic hydroxyl groups excluding tert-OH is 1. The maximum Gasteiger partial charge on any atom is 0.319 e. The van der Waals surface area contributed by atoms with E-state index in [-0.39, 0.29) is 17.3 Å². The van der Waals surface area contributed by atoms with Crippen molar-refractivity contribution in [1.82, 2.24) is 15.6 Å². The molecule has 0 spiro atoms. The molecule has 1 atom stereocenters. The second-order valence-electron chi connectivity index (χ2n) is 9.28. The highest BCUT2D eigenvalue weighted by Gasteiger charge is 2.13.